The lowest BCUT2D eigenvalue weighted by atomic mass is 9.95. The largest absolute Gasteiger partial charge is 0.356 e. The number of nitrogens with one attached hydrogen (secondary N) is 2. The Balaban J connectivity index is 1.47. The Bertz CT molecular complexity index is 578. The smallest absolute Gasteiger partial charge is 0.191 e. The topological polar surface area (TPSA) is 39.7 Å². The summed E-state index contributed by atoms with van der Waals surface area (Å²) >= 11 is 0. The van der Waals surface area contributed by atoms with Crippen LogP contribution in [0.5, 0.6) is 0 Å². The highest BCUT2D eigenvalue weighted by Gasteiger charge is 2.45. The Hall–Kier alpha value is -1.62. The highest BCUT2D eigenvalue weighted by molar-refractivity contribution is 5.79. The number of halogens is 1. The van der Waals surface area contributed by atoms with Crippen LogP contribution in [0.3, 0.4) is 0 Å². The van der Waals surface area contributed by atoms with E-state index in [4.69, 9.17) is 0 Å². The molecule has 2 fully saturated rings. The molecule has 0 atom stereocenters. The van der Waals surface area contributed by atoms with Gasteiger partial charge in [0.2, 0.25) is 0 Å². The van der Waals surface area contributed by atoms with Crippen molar-refractivity contribution < 1.29 is 4.39 Å². The first kappa shape index (κ1) is 17.2. The monoisotopic (exact) mass is 332 g/mol. The number of rotatable bonds is 8. The number of aliphatic imine (C=N–C) groups is 1. The summed E-state index contributed by atoms with van der Waals surface area (Å²) in [6, 6.07) is 7.93. The van der Waals surface area contributed by atoms with Gasteiger partial charge in [-0.1, -0.05) is 25.1 Å². The predicted molar refractivity (Wildman–Crippen MR) is 96.9 cm³/mol. The van der Waals surface area contributed by atoms with Gasteiger partial charge in [0.05, 0.1) is 0 Å². The Kier molecular flexibility index (Phi) is 5.39. The zero-order chi connectivity index (χ0) is 17.0. The van der Waals surface area contributed by atoms with Crippen LogP contribution in [0.2, 0.25) is 0 Å². The first-order valence-electron chi connectivity index (χ1n) is 9.12. The van der Waals surface area contributed by atoms with Gasteiger partial charge in [-0.3, -0.25) is 9.89 Å². The molecule has 1 aromatic rings. The third kappa shape index (κ3) is 4.07. The summed E-state index contributed by atoms with van der Waals surface area (Å²) in [6.45, 7) is 5.98. The molecular weight excluding hydrogens is 303 g/mol. The molecule has 1 aromatic carbocycles. The molecule has 5 heteroatoms. The highest BCUT2D eigenvalue weighted by Crippen LogP contribution is 2.48. The van der Waals surface area contributed by atoms with Gasteiger partial charge in [0.15, 0.2) is 5.96 Å². The zero-order valence-corrected chi connectivity index (χ0v) is 14.8. The van der Waals surface area contributed by atoms with Crippen molar-refractivity contribution in [3.63, 3.8) is 0 Å². The van der Waals surface area contributed by atoms with Crippen molar-refractivity contribution in [1.29, 1.82) is 0 Å². The Labute approximate surface area is 144 Å². The van der Waals surface area contributed by atoms with Crippen molar-refractivity contribution in [1.82, 2.24) is 15.5 Å². The van der Waals surface area contributed by atoms with E-state index >= 15 is 0 Å². The van der Waals surface area contributed by atoms with E-state index < -0.39 is 0 Å². The summed E-state index contributed by atoms with van der Waals surface area (Å²) in [7, 11) is 1.79. The van der Waals surface area contributed by atoms with E-state index in [1.807, 2.05) is 12.1 Å². The van der Waals surface area contributed by atoms with E-state index in [1.54, 1.807) is 19.2 Å². The van der Waals surface area contributed by atoms with Crippen LogP contribution in [0.15, 0.2) is 29.3 Å². The van der Waals surface area contributed by atoms with Crippen molar-refractivity contribution in [2.24, 2.45) is 4.99 Å². The lowest BCUT2D eigenvalue weighted by molar-refractivity contribution is 0.282. The third-order valence-corrected chi connectivity index (χ3v) is 5.28. The minimum Gasteiger partial charge on any atom is -0.356 e. The minimum atomic E-state index is -0.0947. The Morgan fingerprint density at radius 1 is 1.29 bits per heavy atom. The predicted octanol–water partition coefficient (Wildman–Crippen LogP) is 2.51. The normalized spacial score (nSPS) is 19.4. The SMILES string of the molecule is CCN(CCNC(=NC)NCC1(c2ccccc2F)CC1)C1CC1. The number of benzene rings is 1. The van der Waals surface area contributed by atoms with E-state index in [1.165, 1.54) is 12.8 Å². The fourth-order valence-corrected chi connectivity index (χ4v) is 3.41. The molecule has 0 heterocycles. The second-order valence-electron chi connectivity index (χ2n) is 6.97. The molecular formula is C19H29FN4. The van der Waals surface area contributed by atoms with E-state index in [0.29, 0.717) is 0 Å². The van der Waals surface area contributed by atoms with Crippen molar-refractivity contribution in [2.75, 3.05) is 33.2 Å². The molecule has 0 bridgehead atoms. The fraction of sp³-hybridized carbons (Fsp3) is 0.632. The van der Waals surface area contributed by atoms with Crippen molar-refractivity contribution in [3.8, 4) is 0 Å². The van der Waals surface area contributed by atoms with Crippen LogP contribution in [0.1, 0.15) is 38.2 Å². The number of hydrogen-bond acceptors (Lipinski definition) is 2. The van der Waals surface area contributed by atoms with Crippen molar-refractivity contribution >= 4 is 5.96 Å². The first-order valence-corrected chi connectivity index (χ1v) is 9.12. The Morgan fingerprint density at radius 3 is 2.62 bits per heavy atom. The van der Waals surface area contributed by atoms with E-state index in [0.717, 1.165) is 56.6 Å². The first-order chi connectivity index (χ1) is 11.7. The molecule has 0 radical (unpaired) electrons. The van der Waals surface area contributed by atoms with Crippen molar-refractivity contribution in [3.05, 3.63) is 35.6 Å². The van der Waals surface area contributed by atoms with Crippen LogP contribution in [0.4, 0.5) is 4.39 Å². The molecule has 132 valence electrons. The molecule has 0 aliphatic heterocycles. The fourth-order valence-electron chi connectivity index (χ4n) is 3.41. The molecule has 2 N–H and O–H groups in total. The molecule has 3 rings (SSSR count). The average molecular weight is 332 g/mol. The van der Waals surface area contributed by atoms with Gasteiger partial charge >= 0.3 is 0 Å². The number of hydrogen-bond donors (Lipinski definition) is 2. The molecule has 24 heavy (non-hydrogen) atoms. The molecule has 2 aliphatic rings. The van der Waals surface area contributed by atoms with E-state index in [2.05, 4.69) is 27.4 Å². The minimum absolute atomic E-state index is 0.0631. The maximum atomic E-state index is 14.1. The van der Waals surface area contributed by atoms with Gasteiger partial charge in [0, 0.05) is 38.1 Å². The van der Waals surface area contributed by atoms with Gasteiger partial charge in [0.1, 0.15) is 5.82 Å². The molecule has 2 aliphatic carbocycles. The summed E-state index contributed by atoms with van der Waals surface area (Å²) in [6.07, 6.45) is 4.74. The second kappa shape index (κ2) is 7.51. The summed E-state index contributed by atoms with van der Waals surface area (Å²) < 4.78 is 14.1. The van der Waals surface area contributed by atoms with Crippen LogP contribution in [0, 0.1) is 5.82 Å². The van der Waals surface area contributed by atoms with Crippen LogP contribution in [-0.2, 0) is 5.41 Å². The zero-order valence-electron chi connectivity index (χ0n) is 14.8. The molecule has 0 saturated heterocycles. The van der Waals surface area contributed by atoms with Crippen LogP contribution in [0.25, 0.3) is 0 Å². The van der Waals surface area contributed by atoms with Gasteiger partial charge in [-0.25, -0.2) is 4.39 Å². The molecule has 4 nitrogen and oxygen atoms in total. The quantitative estimate of drug-likeness (QED) is 0.568. The van der Waals surface area contributed by atoms with Gasteiger partial charge in [-0.15, -0.1) is 0 Å². The average Bonchev–Trinajstić information content (AvgIpc) is 3.49. The molecule has 0 aromatic heterocycles. The van der Waals surface area contributed by atoms with Crippen LogP contribution < -0.4 is 10.6 Å². The molecule has 0 amide bonds. The Morgan fingerprint density at radius 2 is 2.04 bits per heavy atom. The van der Waals surface area contributed by atoms with Crippen LogP contribution in [-0.4, -0.2) is 50.1 Å². The standard InChI is InChI=1S/C19H29FN4/c1-3-24(15-8-9-15)13-12-22-18(21-2)23-14-19(10-11-19)16-6-4-5-7-17(16)20/h4-7,15H,3,8-14H2,1-2H3,(H2,21,22,23). The molecule has 0 spiro atoms. The van der Waals surface area contributed by atoms with E-state index in [-0.39, 0.29) is 11.2 Å². The molecule has 0 unspecified atom stereocenters. The summed E-state index contributed by atoms with van der Waals surface area (Å²) in [5, 5.41) is 6.77. The second-order valence-corrected chi connectivity index (χ2v) is 6.97. The van der Waals surface area contributed by atoms with Gasteiger partial charge < -0.3 is 10.6 Å². The summed E-state index contributed by atoms with van der Waals surface area (Å²) in [5.41, 5.74) is 0.769. The molecule has 2 saturated carbocycles. The number of nitrogens with zero attached hydrogens (tertiary/aromatic N) is 2. The lowest BCUT2D eigenvalue weighted by Gasteiger charge is -2.22. The van der Waals surface area contributed by atoms with Gasteiger partial charge in [-0.05, 0) is 43.9 Å². The third-order valence-electron chi connectivity index (χ3n) is 5.28. The highest BCUT2D eigenvalue weighted by atomic mass is 19.1. The summed E-state index contributed by atoms with van der Waals surface area (Å²) in [5.74, 6) is 0.715. The maximum Gasteiger partial charge on any atom is 0.191 e. The van der Waals surface area contributed by atoms with Gasteiger partial charge in [-0.2, -0.15) is 0 Å². The maximum absolute atomic E-state index is 14.1. The van der Waals surface area contributed by atoms with Crippen LogP contribution >= 0.6 is 0 Å². The summed E-state index contributed by atoms with van der Waals surface area (Å²) in [4.78, 5) is 6.82. The lowest BCUT2D eigenvalue weighted by Crippen LogP contribution is -2.44. The van der Waals surface area contributed by atoms with Gasteiger partial charge in [0.25, 0.3) is 0 Å². The number of likely N-dealkylation sites (N-methyl/N-ethyl adjacent to an activating group) is 1. The number of guanidine groups is 1. The van der Waals surface area contributed by atoms with E-state index in [9.17, 15) is 4.39 Å². The van der Waals surface area contributed by atoms with Crippen molar-refractivity contribution in [2.45, 2.75) is 44.1 Å².